The molecule has 0 aliphatic carbocycles. The van der Waals surface area contributed by atoms with Crippen molar-refractivity contribution in [3.63, 3.8) is 0 Å². The Balaban J connectivity index is 0.000000263. The Labute approximate surface area is 216 Å². The van der Waals surface area contributed by atoms with E-state index in [0.29, 0.717) is 12.1 Å². The number of carbonyl (C=O) groups is 2. The second kappa shape index (κ2) is 14.8. The Bertz CT molecular complexity index is 752. The lowest BCUT2D eigenvalue weighted by Gasteiger charge is -2.23. The van der Waals surface area contributed by atoms with Crippen molar-refractivity contribution in [3.05, 3.63) is 0 Å². The number of rotatable bonds is 3. The average Bonchev–Trinajstić information content (AvgIpc) is 3.48. The summed E-state index contributed by atoms with van der Waals surface area (Å²) in [4.78, 5) is 22.7. The number of thiocarbonyl (C=S) groups is 1. The molecule has 0 radical (unpaired) electrons. The first-order valence-electron chi connectivity index (χ1n) is 12.4. The first-order valence-corrected chi connectivity index (χ1v) is 12.9. The molecule has 3 rings (SSSR count). The highest BCUT2D eigenvalue weighted by Gasteiger charge is 2.24. The van der Waals surface area contributed by atoms with E-state index < -0.39 is 0 Å². The van der Waals surface area contributed by atoms with Crippen LogP contribution in [-0.2, 0) is 4.79 Å². The van der Waals surface area contributed by atoms with Gasteiger partial charge in [0.25, 0.3) is 0 Å². The number of hydrogen-bond donors (Lipinski definition) is 2. The molecule has 0 saturated heterocycles. The van der Waals surface area contributed by atoms with Gasteiger partial charge in [0, 0.05) is 55.9 Å². The summed E-state index contributed by atoms with van der Waals surface area (Å²) < 4.78 is 0. The Hall–Kier alpha value is -2.56. The van der Waals surface area contributed by atoms with Crippen molar-refractivity contribution in [1.82, 2.24) is 25.7 Å². The zero-order valence-corrected chi connectivity index (χ0v) is 23.5. The number of hydrazone groups is 3. The zero-order chi connectivity index (χ0) is 26.7. The van der Waals surface area contributed by atoms with Gasteiger partial charge >= 0.3 is 6.03 Å². The van der Waals surface area contributed by atoms with Crippen LogP contribution in [0, 0.1) is 5.92 Å². The Morgan fingerprint density at radius 3 is 1.49 bits per heavy atom. The smallest absolute Gasteiger partial charge is 0.338 e. The molecule has 198 valence electrons. The molecule has 10 nitrogen and oxygen atoms in total. The zero-order valence-electron chi connectivity index (χ0n) is 22.7. The summed E-state index contributed by atoms with van der Waals surface area (Å²) in [6.45, 7) is 17.9. The molecule has 0 bridgehead atoms. The van der Waals surface area contributed by atoms with Crippen molar-refractivity contribution in [3.8, 4) is 0 Å². The first kappa shape index (κ1) is 30.5. The van der Waals surface area contributed by atoms with Crippen LogP contribution >= 0.6 is 12.2 Å². The first-order chi connectivity index (χ1) is 16.3. The molecule has 3 atom stereocenters. The predicted molar refractivity (Wildman–Crippen MR) is 148 cm³/mol. The second-order valence-electron chi connectivity index (χ2n) is 9.88. The molecule has 3 aliphatic heterocycles. The maximum absolute atomic E-state index is 11.4. The topological polar surface area (TPSA) is 105 Å². The van der Waals surface area contributed by atoms with Gasteiger partial charge in [0.05, 0.1) is 18.1 Å². The van der Waals surface area contributed by atoms with Crippen LogP contribution in [-0.4, -0.2) is 80.9 Å². The molecule has 3 unspecified atom stereocenters. The largest absolute Gasteiger partial charge is 0.359 e. The third-order valence-corrected chi connectivity index (χ3v) is 5.48. The number of nitrogens with one attached hydrogen (secondary N) is 2. The van der Waals surface area contributed by atoms with Crippen molar-refractivity contribution in [2.45, 2.75) is 112 Å². The average molecular weight is 509 g/mol. The summed E-state index contributed by atoms with van der Waals surface area (Å²) in [7, 11) is 0. The van der Waals surface area contributed by atoms with Crippen molar-refractivity contribution in [2.24, 2.45) is 21.2 Å². The van der Waals surface area contributed by atoms with Crippen LogP contribution in [0.5, 0.6) is 0 Å². The van der Waals surface area contributed by atoms with Crippen LogP contribution in [0.15, 0.2) is 15.3 Å². The minimum absolute atomic E-state index is 0.0488. The fourth-order valence-corrected chi connectivity index (χ4v) is 3.64. The molecule has 0 aromatic carbocycles. The van der Waals surface area contributed by atoms with Crippen molar-refractivity contribution in [1.29, 1.82) is 0 Å². The van der Waals surface area contributed by atoms with Gasteiger partial charge in [-0.2, -0.15) is 15.3 Å². The molecule has 35 heavy (non-hydrogen) atoms. The number of nitrogens with zero attached hydrogens (tertiary/aromatic N) is 6. The van der Waals surface area contributed by atoms with Gasteiger partial charge in [-0.05, 0) is 60.7 Å². The van der Waals surface area contributed by atoms with Crippen LogP contribution in [0.25, 0.3) is 0 Å². The molecule has 0 fully saturated rings. The quantitative estimate of drug-likeness (QED) is 0.565. The minimum Gasteiger partial charge on any atom is -0.359 e. The van der Waals surface area contributed by atoms with E-state index in [2.05, 4.69) is 46.7 Å². The summed E-state index contributed by atoms with van der Waals surface area (Å²) in [5.41, 5.74) is 0. The molecule has 0 spiro atoms. The lowest BCUT2D eigenvalue weighted by Crippen LogP contribution is -2.42. The van der Waals surface area contributed by atoms with Crippen molar-refractivity contribution < 1.29 is 9.59 Å². The maximum atomic E-state index is 11.4. The normalized spacial score (nSPS) is 22.4. The number of carbonyl (C=O) groups excluding carboxylic acids is 2. The summed E-state index contributed by atoms with van der Waals surface area (Å²) >= 11 is 5.17. The van der Waals surface area contributed by atoms with Crippen LogP contribution < -0.4 is 10.6 Å². The standard InChI is InChI=1S/C8H15N3O.C8H15N3S.C8H14N2O/c2*1-6(2)10-8(12)11-7(3)4-5-9-11;1-6(2)8(11)10-7(3)4-5-9-10/h2*5-7H,4H2,1-3H3,(H,10,12);5-7H,4H2,1-3H3. The van der Waals surface area contributed by atoms with Crippen LogP contribution in [0.2, 0.25) is 0 Å². The van der Waals surface area contributed by atoms with E-state index >= 15 is 0 Å². The van der Waals surface area contributed by atoms with Gasteiger partial charge < -0.3 is 10.6 Å². The van der Waals surface area contributed by atoms with Crippen LogP contribution in [0.3, 0.4) is 0 Å². The molecule has 3 aliphatic rings. The molecule has 3 amide bonds. The van der Waals surface area contributed by atoms with Gasteiger partial charge in [0.1, 0.15) is 0 Å². The number of hydrogen-bond acceptors (Lipinski definition) is 6. The van der Waals surface area contributed by atoms with Crippen LogP contribution in [0.1, 0.15) is 81.6 Å². The van der Waals surface area contributed by atoms with Gasteiger partial charge in [-0.3, -0.25) is 4.79 Å². The van der Waals surface area contributed by atoms with Crippen molar-refractivity contribution >= 4 is 47.9 Å². The Morgan fingerprint density at radius 2 is 1.14 bits per heavy atom. The Morgan fingerprint density at radius 1 is 0.743 bits per heavy atom. The fourth-order valence-electron chi connectivity index (χ4n) is 3.17. The van der Waals surface area contributed by atoms with E-state index in [1.807, 2.05) is 52.8 Å². The van der Waals surface area contributed by atoms with Crippen LogP contribution in [0.4, 0.5) is 4.79 Å². The molecule has 0 aromatic heterocycles. The molecule has 11 heteroatoms. The SMILES string of the molecule is CC(C)C(=O)N1N=CCC1C.CC(C)NC(=O)N1N=CCC1C.CC(C)NC(=S)N1N=CCC1C. The van der Waals surface area contributed by atoms with E-state index in [0.717, 1.165) is 24.4 Å². The third-order valence-electron chi connectivity index (χ3n) is 5.17. The van der Waals surface area contributed by atoms with Gasteiger partial charge in [-0.1, -0.05) is 13.8 Å². The number of urea groups is 1. The maximum Gasteiger partial charge on any atom is 0.338 e. The van der Waals surface area contributed by atoms with Crippen molar-refractivity contribution in [2.75, 3.05) is 0 Å². The summed E-state index contributed by atoms with van der Waals surface area (Å²) in [6, 6.07) is 1.30. The van der Waals surface area contributed by atoms with Gasteiger partial charge in [0.15, 0.2) is 5.11 Å². The molecular formula is C24H44N8O2S. The minimum atomic E-state index is -0.105. The highest BCUT2D eigenvalue weighted by molar-refractivity contribution is 7.80. The third kappa shape index (κ3) is 10.3. The molecular weight excluding hydrogens is 464 g/mol. The van der Waals surface area contributed by atoms with E-state index in [9.17, 15) is 9.59 Å². The van der Waals surface area contributed by atoms with E-state index in [1.54, 1.807) is 17.4 Å². The summed E-state index contributed by atoms with van der Waals surface area (Å²) in [6.07, 6.45) is 8.19. The summed E-state index contributed by atoms with van der Waals surface area (Å²) in [5.74, 6) is 0.166. The lowest BCUT2D eigenvalue weighted by atomic mass is 10.2. The summed E-state index contributed by atoms with van der Waals surface area (Å²) in [5, 5.41) is 23.7. The van der Waals surface area contributed by atoms with Gasteiger partial charge in [-0.25, -0.2) is 19.8 Å². The number of amides is 3. The second-order valence-corrected chi connectivity index (χ2v) is 10.3. The fraction of sp³-hybridized carbons (Fsp3) is 0.750. The predicted octanol–water partition coefficient (Wildman–Crippen LogP) is 3.78. The van der Waals surface area contributed by atoms with E-state index in [1.165, 1.54) is 5.01 Å². The lowest BCUT2D eigenvalue weighted by molar-refractivity contribution is -0.135. The van der Waals surface area contributed by atoms with Gasteiger partial charge in [-0.15, -0.1) is 0 Å². The molecule has 0 aromatic rings. The highest BCUT2D eigenvalue weighted by atomic mass is 32.1. The highest BCUT2D eigenvalue weighted by Crippen LogP contribution is 2.14. The molecule has 3 heterocycles. The van der Waals surface area contributed by atoms with E-state index in [-0.39, 0.29) is 36.0 Å². The molecule has 2 N–H and O–H groups in total. The monoisotopic (exact) mass is 508 g/mol. The molecule has 0 saturated carbocycles. The van der Waals surface area contributed by atoms with Gasteiger partial charge in [0.2, 0.25) is 5.91 Å². The Kier molecular flexibility index (Phi) is 12.8. The van der Waals surface area contributed by atoms with E-state index in [4.69, 9.17) is 12.2 Å².